The molecule has 0 saturated heterocycles. The number of carbonyl (C=O) groups excluding carboxylic acids is 2. The Hall–Kier alpha value is -3.72. The zero-order chi connectivity index (χ0) is 24.7. The predicted molar refractivity (Wildman–Crippen MR) is 125 cm³/mol. The van der Waals surface area contributed by atoms with Gasteiger partial charge in [0.2, 0.25) is 5.91 Å². The maximum Gasteiger partial charge on any atom is 0.335 e. The van der Waals surface area contributed by atoms with Crippen molar-refractivity contribution in [3.8, 4) is 0 Å². The number of rotatable bonds is 6. The van der Waals surface area contributed by atoms with Gasteiger partial charge in [-0.3, -0.25) is 14.3 Å². The molecule has 1 aliphatic carbocycles. The number of aromatic carboxylic acids is 1. The van der Waals surface area contributed by atoms with Crippen LogP contribution in [0.25, 0.3) is 0 Å². The fraction of sp³-hybridized carbons (Fsp3) is 0.280. The van der Waals surface area contributed by atoms with Crippen LogP contribution in [0.1, 0.15) is 50.4 Å². The van der Waals surface area contributed by atoms with Crippen LogP contribution >= 0.6 is 11.6 Å². The zero-order valence-electron chi connectivity index (χ0n) is 18.6. The molecule has 2 aromatic carbocycles. The molecule has 3 aromatic rings. The molecule has 0 radical (unpaired) electrons. The van der Waals surface area contributed by atoms with Crippen LogP contribution in [-0.4, -0.2) is 44.1 Å². The highest BCUT2D eigenvalue weighted by Crippen LogP contribution is 2.45. The van der Waals surface area contributed by atoms with Crippen molar-refractivity contribution in [2.75, 3.05) is 6.54 Å². The van der Waals surface area contributed by atoms with Crippen LogP contribution in [0.15, 0.2) is 48.7 Å². The van der Waals surface area contributed by atoms with Crippen LogP contribution < -0.4 is 5.32 Å². The van der Waals surface area contributed by atoms with Crippen LogP contribution in [0.2, 0.25) is 5.02 Å². The Balaban J connectivity index is 1.29. The molecular formula is C25H22ClFN4O4. The third-order valence-electron chi connectivity index (χ3n) is 6.59. The second kappa shape index (κ2) is 8.81. The molecule has 5 rings (SSSR count). The van der Waals surface area contributed by atoms with Gasteiger partial charge < -0.3 is 15.3 Å². The monoisotopic (exact) mass is 496 g/mol. The third-order valence-corrected chi connectivity index (χ3v) is 6.88. The van der Waals surface area contributed by atoms with Crippen LogP contribution in [-0.2, 0) is 29.8 Å². The Morgan fingerprint density at radius 1 is 1.11 bits per heavy atom. The second-order valence-corrected chi connectivity index (χ2v) is 9.29. The predicted octanol–water partition coefficient (Wildman–Crippen LogP) is 3.38. The quantitative estimate of drug-likeness (QED) is 0.544. The van der Waals surface area contributed by atoms with Crippen LogP contribution in [0.4, 0.5) is 4.39 Å². The summed E-state index contributed by atoms with van der Waals surface area (Å²) in [7, 11) is 0. The molecule has 2 amide bonds. The summed E-state index contributed by atoms with van der Waals surface area (Å²) in [5.41, 5.74) is 2.18. The van der Waals surface area contributed by atoms with E-state index in [-0.39, 0.29) is 35.4 Å². The summed E-state index contributed by atoms with van der Waals surface area (Å²) in [5.74, 6) is -1.97. The van der Waals surface area contributed by atoms with Gasteiger partial charge in [0.25, 0.3) is 5.91 Å². The van der Waals surface area contributed by atoms with Gasteiger partial charge in [0.05, 0.1) is 53.1 Å². The summed E-state index contributed by atoms with van der Waals surface area (Å²) >= 11 is 5.83. The first kappa shape index (κ1) is 23.0. The van der Waals surface area contributed by atoms with E-state index in [0.29, 0.717) is 29.9 Å². The number of halogens is 2. The normalized spacial score (nSPS) is 15.9. The Bertz CT molecular complexity index is 1330. The number of carboxylic acid groups (broad SMARTS) is 1. The molecule has 180 valence electrons. The van der Waals surface area contributed by atoms with Gasteiger partial charge in [-0.05, 0) is 48.2 Å². The molecule has 0 atom stereocenters. The molecule has 1 aromatic heterocycles. The van der Waals surface area contributed by atoms with Crippen molar-refractivity contribution in [2.45, 2.75) is 37.9 Å². The van der Waals surface area contributed by atoms with E-state index in [4.69, 9.17) is 16.7 Å². The van der Waals surface area contributed by atoms with Crippen molar-refractivity contribution < 1.29 is 23.9 Å². The van der Waals surface area contributed by atoms with Gasteiger partial charge in [0.15, 0.2) is 0 Å². The number of carboxylic acids is 1. The summed E-state index contributed by atoms with van der Waals surface area (Å²) in [4.78, 5) is 38.9. The number of nitrogens with zero attached hydrogens (tertiary/aromatic N) is 3. The fourth-order valence-electron chi connectivity index (χ4n) is 4.41. The summed E-state index contributed by atoms with van der Waals surface area (Å²) in [6.45, 7) is 1.14. The molecule has 2 aliphatic rings. The molecule has 8 nitrogen and oxygen atoms in total. The Kier molecular flexibility index (Phi) is 5.80. The average molecular weight is 497 g/mol. The fourth-order valence-corrected chi connectivity index (χ4v) is 4.61. The van der Waals surface area contributed by atoms with E-state index in [9.17, 15) is 18.8 Å². The third kappa shape index (κ3) is 4.51. The molecule has 2 N–H and O–H groups in total. The van der Waals surface area contributed by atoms with Crippen molar-refractivity contribution >= 4 is 29.4 Å². The standard InChI is InChI=1S/C25H22ClFN4O4/c26-19-11-15(1-6-20(19)27)12-22(32)30-9-10-31-21(14-30)18(13-28-31)23(33)29-25(7-8-25)17-4-2-16(3-5-17)24(34)35/h1-6,11,13H,7-10,12,14H2,(H,29,33)(H,34,35). The highest BCUT2D eigenvalue weighted by Gasteiger charge is 2.46. The van der Waals surface area contributed by atoms with Crippen molar-refractivity contribution in [2.24, 2.45) is 0 Å². The lowest BCUT2D eigenvalue weighted by Crippen LogP contribution is -2.41. The maximum absolute atomic E-state index is 13.4. The number of hydrogen-bond donors (Lipinski definition) is 2. The number of hydrogen-bond acceptors (Lipinski definition) is 4. The minimum atomic E-state index is -1.00. The topological polar surface area (TPSA) is 105 Å². The van der Waals surface area contributed by atoms with Crippen molar-refractivity contribution in [3.05, 3.63) is 87.4 Å². The Labute approximate surface area is 205 Å². The lowest BCUT2D eigenvalue weighted by Gasteiger charge is -2.28. The van der Waals surface area contributed by atoms with Crippen LogP contribution in [0.3, 0.4) is 0 Å². The molecule has 1 aliphatic heterocycles. The molecule has 0 spiro atoms. The summed E-state index contributed by atoms with van der Waals surface area (Å²) in [5, 5.41) is 16.5. The van der Waals surface area contributed by atoms with E-state index in [0.717, 1.165) is 18.4 Å². The van der Waals surface area contributed by atoms with E-state index in [1.165, 1.54) is 36.5 Å². The number of nitrogens with one attached hydrogen (secondary N) is 1. The van der Waals surface area contributed by atoms with E-state index in [1.54, 1.807) is 21.7 Å². The highest BCUT2D eigenvalue weighted by molar-refractivity contribution is 6.30. The largest absolute Gasteiger partial charge is 0.478 e. The van der Waals surface area contributed by atoms with E-state index >= 15 is 0 Å². The number of fused-ring (bicyclic) bond motifs is 1. The van der Waals surface area contributed by atoms with E-state index in [1.807, 2.05) is 0 Å². The van der Waals surface area contributed by atoms with Gasteiger partial charge in [-0.1, -0.05) is 29.8 Å². The number of benzene rings is 2. The summed E-state index contributed by atoms with van der Waals surface area (Å²) in [6, 6.07) is 10.7. The summed E-state index contributed by atoms with van der Waals surface area (Å²) in [6.07, 6.45) is 3.09. The van der Waals surface area contributed by atoms with Crippen molar-refractivity contribution in [1.29, 1.82) is 0 Å². The van der Waals surface area contributed by atoms with Crippen molar-refractivity contribution in [3.63, 3.8) is 0 Å². The smallest absolute Gasteiger partial charge is 0.335 e. The summed E-state index contributed by atoms with van der Waals surface area (Å²) < 4.78 is 15.2. The average Bonchev–Trinajstić information content (AvgIpc) is 3.50. The molecule has 35 heavy (non-hydrogen) atoms. The molecule has 1 fully saturated rings. The second-order valence-electron chi connectivity index (χ2n) is 8.89. The molecule has 0 bridgehead atoms. The van der Waals surface area contributed by atoms with Gasteiger partial charge >= 0.3 is 5.97 Å². The van der Waals surface area contributed by atoms with Gasteiger partial charge in [-0.15, -0.1) is 0 Å². The van der Waals surface area contributed by atoms with E-state index in [2.05, 4.69) is 10.4 Å². The van der Waals surface area contributed by atoms with Crippen molar-refractivity contribution in [1.82, 2.24) is 20.0 Å². The molecule has 2 heterocycles. The minimum absolute atomic E-state index is 0.0300. The lowest BCUT2D eigenvalue weighted by atomic mass is 10.0. The number of carbonyl (C=O) groups is 3. The van der Waals surface area contributed by atoms with Gasteiger partial charge in [-0.25, -0.2) is 9.18 Å². The Morgan fingerprint density at radius 3 is 2.51 bits per heavy atom. The van der Waals surface area contributed by atoms with E-state index < -0.39 is 17.3 Å². The van der Waals surface area contributed by atoms with Crippen LogP contribution in [0.5, 0.6) is 0 Å². The first-order valence-electron chi connectivity index (χ1n) is 11.2. The SMILES string of the molecule is O=C(O)c1ccc(C2(NC(=O)c3cnn4c3CN(C(=O)Cc3ccc(F)c(Cl)c3)CC4)CC2)cc1. The molecular weight excluding hydrogens is 475 g/mol. The molecule has 1 saturated carbocycles. The lowest BCUT2D eigenvalue weighted by molar-refractivity contribution is -0.132. The van der Waals surface area contributed by atoms with Gasteiger partial charge in [0, 0.05) is 6.54 Å². The first-order chi connectivity index (χ1) is 16.8. The van der Waals surface area contributed by atoms with Crippen LogP contribution in [0, 0.1) is 5.82 Å². The maximum atomic E-state index is 13.4. The van der Waals surface area contributed by atoms with Gasteiger partial charge in [-0.2, -0.15) is 5.10 Å². The number of amides is 2. The number of aromatic nitrogens is 2. The first-order valence-corrected chi connectivity index (χ1v) is 11.6. The molecule has 0 unspecified atom stereocenters. The minimum Gasteiger partial charge on any atom is -0.478 e. The zero-order valence-corrected chi connectivity index (χ0v) is 19.4. The molecule has 10 heteroatoms. The van der Waals surface area contributed by atoms with Gasteiger partial charge in [0.1, 0.15) is 5.82 Å². The Morgan fingerprint density at radius 2 is 1.86 bits per heavy atom. The highest BCUT2D eigenvalue weighted by atomic mass is 35.5.